The Morgan fingerprint density at radius 1 is 1.16 bits per heavy atom. The number of benzene rings is 1. The lowest BCUT2D eigenvalue weighted by molar-refractivity contribution is -0.0438. The zero-order valence-corrected chi connectivity index (χ0v) is 22.9. The number of aromatic nitrogens is 2. The van der Waals surface area contributed by atoms with Gasteiger partial charge in [-0.15, -0.1) is 11.3 Å². The number of hydrogen-bond donors (Lipinski definition) is 0. The predicted molar refractivity (Wildman–Crippen MR) is 142 cm³/mol. The van der Waals surface area contributed by atoms with E-state index in [4.69, 9.17) is 11.6 Å². The van der Waals surface area contributed by atoms with Crippen LogP contribution in [0.2, 0.25) is 5.02 Å². The molecule has 12 heteroatoms. The van der Waals surface area contributed by atoms with Crippen molar-refractivity contribution in [3.8, 4) is 21.8 Å². The summed E-state index contributed by atoms with van der Waals surface area (Å²) < 4.78 is 65.7. The average Bonchev–Trinajstić information content (AvgIpc) is 3.51. The van der Waals surface area contributed by atoms with Gasteiger partial charge in [0.15, 0.2) is 0 Å². The van der Waals surface area contributed by atoms with Crippen molar-refractivity contribution in [2.45, 2.75) is 38.6 Å². The zero-order chi connectivity index (χ0) is 26.8. The molecule has 1 fully saturated rings. The van der Waals surface area contributed by atoms with Gasteiger partial charge >= 0.3 is 15.5 Å². The quantitative estimate of drug-likeness (QED) is 0.294. The van der Waals surface area contributed by atoms with Crippen molar-refractivity contribution in [3.63, 3.8) is 0 Å². The van der Waals surface area contributed by atoms with Gasteiger partial charge in [0, 0.05) is 41.5 Å². The van der Waals surface area contributed by atoms with Crippen molar-refractivity contribution < 1.29 is 21.6 Å². The highest BCUT2D eigenvalue weighted by molar-refractivity contribution is 7.93. The maximum Gasteiger partial charge on any atom is 0.516 e. The van der Waals surface area contributed by atoms with Crippen LogP contribution >= 0.6 is 22.9 Å². The van der Waals surface area contributed by atoms with E-state index in [0.29, 0.717) is 21.5 Å². The van der Waals surface area contributed by atoms with Crippen molar-refractivity contribution >= 4 is 38.6 Å². The van der Waals surface area contributed by atoms with Crippen LogP contribution in [0.4, 0.5) is 18.9 Å². The molecule has 1 saturated heterocycles. The van der Waals surface area contributed by atoms with Gasteiger partial charge in [-0.05, 0) is 68.6 Å². The molecule has 0 saturated carbocycles. The number of anilines is 1. The van der Waals surface area contributed by atoms with Crippen LogP contribution in [-0.2, 0) is 16.4 Å². The second-order valence-electron chi connectivity index (χ2n) is 9.41. The fourth-order valence-corrected chi connectivity index (χ4v) is 6.34. The molecule has 0 radical (unpaired) electrons. The van der Waals surface area contributed by atoms with Crippen molar-refractivity contribution in [1.82, 2.24) is 14.9 Å². The number of halogens is 4. The standard InChI is InChI=1S/C25H28ClF3N4O2S2/c1-17(2)13-19-14-18(7-8-30-19)24-31-23(16-36-24)21-6-5-20(15-22(21)26)33(37(34,35)25(27,28)29)12-11-32-9-3-4-10-32/h5-8,14-17H,3-4,9-13H2,1-2H3. The minimum absolute atomic E-state index is 0.119. The first-order valence-corrected chi connectivity index (χ1v) is 14.7. The highest BCUT2D eigenvalue weighted by atomic mass is 35.5. The summed E-state index contributed by atoms with van der Waals surface area (Å²) in [6.45, 7) is 5.60. The van der Waals surface area contributed by atoms with Gasteiger partial charge in [-0.3, -0.25) is 9.29 Å². The highest BCUT2D eigenvalue weighted by Gasteiger charge is 2.50. The van der Waals surface area contributed by atoms with E-state index < -0.39 is 15.5 Å². The Morgan fingerprint density at radius 2 is 1.89 bits per heavy atom. The van der Waals surface area contributed by atoms with Crippen LogP contribution in [0.25, 0.3) is 21.8 Å². The predicted octanol–water partition coefficient (Wildman–Crippen LogP) is 6.48. The fraction of sp³-hybridized carbons (Fsp3) is 0.440. The first-order valence-electron chi connectivity index (χ1n) is 12.0. The van der Waals surface area contributed by atoms with Gasteiger partial charge in [0.25, 0.3) is 0 Å². The first kappa shape index (κ1) is 27.8. The van der Waals surface area contributed by atoms with E-state index in [2.05, 4.69) is 23.8 Å². The topological polar surface area (TPSA) is 66.4 Å². The lowest BCUT2D eigenvalue weighted by Gasteiger charge is -2.27. The number of pyridine rings is 1. The molecule has 0 aliphatic carbocycles. The summed E-state index contributed by atoms with van der Waals surface area (Å²) in [6, 6.07) is 7.99. The van der Waals surface area contributed by atoms with Crippen molar-refractivity contribution in [2.24, 2.45) is 5.92 Å². The molecule has 200 valence electrons. The third-order valence-corrected chi connectivity index (χ3v) is 8.87. The number of likely N-dealkylation sites (tertiary alicyclic amines) is 1. The summed E-state index contributed by atoms with van der Waals surface area (Å²) in [5.74, 6) is 0.461. The summed E-state index contributed by atoms with van der Waals surface area (Å²) in [7, 11) is -5.59. The number of rotatable bonds is 9. The molecule has 37 heavy (non-hydrogen) atoms. The third-order valence-electron chi connectivity index (χ3n) is 6.10. The van der Waals surface area contributed by atoms with Crippen molar-refractivity contribution in [2.75, 3.05) is 30.5 Å². The van der Waals surface area contributed by atoms with Crippen LogP contribution in [0.1, 0.15) is 32.4 Å². The summed E-state index contributed by atoms with van der Waals surface area (Å²) in [5.41, 5.74) is -2.61. The molecule has 6 nitrogen and oxygen atoms in total. The lowest BCUT2D eigenvalue weighted by Crippen LogP contribution is -2.44. The van der Waals surface area contributed by atoms with Crippen LogP contribution in [-0.4, -0.2) is 55.0 Å². The number of nitrogens with zero attached hydrogens (tertiary/aromatic N) is 4. The Hall–Kier alpha value is -2.21. The molecule has 0 N–H and O–H groups in total. The van der Waals surface area contributed by atoms with E-state index in [1.807, 2.05) is 22.4 Å². The minimum Gasteiger partial charge on any atom is -0.302 e. The van der Waals surface area contributed by atoms with E-state index in [1.165, 1.54) is 29.5 Å². The molecule has 0 spiro atoms. The third kappa shape index (κ3) is 6.45. The molecule has 3 aromatic rings. The summed E-state index contributed by atoms with van der Waals surface area (Å²) in [5, 5.41) is 2.69. The van der Waals surface area contributed by atoms with Gasteiger partial charge < -0.3 is 4.90 Å². The lowest BCUT2D eigenvalue weighted by atomic mass is 10.1. The molecule has 2 aromatic heterocycles. The molecule has 0 atom stereocenters. The van der Waals surface area contributed by atoms with E-state index in [-0.39, 0.29) is 23.8 Å². The maximum atomic E-state index is 13.5. The highest BCUT2D eigenvalue weighted by Crippen LogP contribution is 2.37. The molecular formula is C25H28ClF3N4O2S2. The van der Waals surface area contributed by atoms with Gasteiger partial charge in [-0.2, -0.15) is 21.6 Å². The number of thiazole rings is 1. The van der Waals surface area contributed by atoms with Crippen LogP contribution in [0.15, 0.2) is 41.9 Å². The summed E-state index contributed by atoms with van der Waals surface area (Å²) in [6.07, 6.45) is 4.48. The number of alkyl halides is 3. The molecule has 1 aliphatic heterocycles. The van der Waals surface area contributed by atoms with Crippen molar-refractivity contribution in [1.29, 1.82) is 0 Å². The van der Waals surface area contributed by atoms with Gasteiger partial charge in [0.1, 0.15) is 5.01 Å². The second kappa shape index (κ2) is 11.3. The largest absolute Gasteiger partial charge is 0.516 e. The number of sulfonamides is 1. The van der Waals surface area contributed by atoms with Gasteiger partial charge in [0.05, 0.1) is 16.4 Å². The smallest absolute Gasteiger partial charge is 0.302 e. The monoisotopic (exact) mass is 572 g/mol. The molecule has 0 bridgehead atoms. The normalized spacial score (nSPS) is 15.0. The molecule has 0 amide bonds. The summed E-state index contributed by atoms with van der Waals surface area (Å²) in [4.78, 5) is 11.0. The van der Waals surface area contributed by atoms with Crippen LogP contribution in [0, 0.1) is 5.92 Å². The minimum atomic E-state index is -5.59. The van der Waals surface area contributed by atoms with Crippen molar-refractivity contribution in [3.05, 3.63) is 52.6 Å². The number of hydrogen-bond acceptors (Lipinski definition) is 6. The Morgan fingerprint density at radius 3 is 2.54 bits per heavy atom. The van der Waals surface area contributed by atoms with Crippen LogP contribution < -0.4 is 4.31 Å². The molecule has 4 rings (SSSR count). The van der Waals surface area contributed by atoms with Gasteiger partial charge in [-0.1, -0.05) is 25.4 Å². The van der Waals surface area contributed by atoms with E-state index in [9.17, 15) is 21.6 Å². The van der Waals surface area contributed by atoms with Gasteiger partial charge in [-0.25, -0.2) is 4.98 Å². The molecule has 1 aromatic carbocycles. The zero-order valence-electron chi connectivity index (χ0n) is 20.5. The SMILES string of the molecule is CC(C)Cc1cc(-c2nc(-c3ccc(N(CCN4CCCC4)S(=O)(=O)C(F)(F)F)cc3Cl)cs2)ccn1. The van der Waals surface area contributed by atoms with E-state index >= 15 is 0 Å². The summed E-state index contributed by atoms with van der Waals surface area (Å²) >= 11 is 7.89. The molecular weight excluding hydrogens is 545 g/mol. The Labute approximate surface area is 224 Å². The van der Waals surface area contributed by atoms with Crippen LogP contribution in [0.5, 0.6) is 0 Å². The van der Waals surface area contributed by atoms with Crippen LogP contribution in [0.3, 0.4) is 0 Å². The average molecular weight is 573 g/mol. The molecule has 3 heterocycles. The Kier molecular flexibility index (Phi) is 8.47. The first-order chi connectivity index (χ1) is 17.5. The Balaban J connectivity index is 1.61. The molecule has 0 unspecified atom stereocenters. The second-order valence-corrected chi connectivity index (χ2v) is 12.5. The fourth-order valence-electron chi connectivity index (χ4n) is 4.29. The van der Waals surface area contributed by atoms with E-state index in [1.54, 1.807) is 6.20 Å². The molecule has 1 aliphatic rings. The maximum absolute atomic E-state index is 13.5. The van der Waals surface area contributed by atoms with E-state index in [0.717, 1.165) is 48.6 Å². The van der Waals surface area contributed by atoms with Gasteiger partial charge in [0.2, 0.25) is 0 Å². The Bertz CT molecular complexity index is 1340.